The van der Waals surface area contributed by atoms with E-state index in [0.717, 1.165) is 37.2 Å². The van der Waals surface area contributed by atoms with E-state index in [1.54, 1.807) is 0 Å². The van der Waals surface area contributed by atoms with Crippen molar-refractivity contribution < 1.29 is 0 Å². The Morgan fingerprint density at radius 3 is 2.57 bits per heavy atom. The van der Waals surface area contributed by atoms with Crippen molar-refractivity contribution >= 4 is 5.82 Å². The van der Waals surface area contributed by atoms with Crippen molar-refractivity contribution in [2.24, 2.45) is 11.8 Å². The molecule has 1 aromatic heterocycles. The molecule has 0 bridgehead atoms. The van der Waals surface area contributed by atoms with Gasteiger partial charge in [-0.1, -0.05) is 27.7 Å². The molecule has 1 fully saturated rings. The smallest absolute Gasteiger partial charge is 0.133 e. The van der Waals surface area contributed by atoms with Gasteiger partial charge in [-0.15, -0.1) is 0 Å². The Bertz CT molecular complexity index is 480. The monoisotopic (exact) mass is 289 g/mol. The first-order valence-corrected chi connectivity index (χ1v) is 8.34. The molecule has 118 valence electrons. The first-order chi connectivity index (χ1) is 9.88. The van der Waals surface area contributed by atoms with Gasteiger partial charge in [-0.3, -0.25) is 0 Å². The third-order valence-corrected chi connectivity index (χ3v) is 4.61. The second-order valence-electron chi connectivity index (χ2n) is 7.16. The van der Waals surface area contributed by atoms with Gasteiger partial charge in [-0.05, 0) is 43.7 Å². The number of nitrogens with one attached hydrogen (secondary N) is 1. The van der Waals surface area contributed by atoms with Gasteiger partial charge in [0.1, 0.15) is 5.82 Å². The molecule has 0 aromatic carbocycles. The minimum absolute atomic E-state index is 0.501. The summed E-state index contributed by atoms with van der Waals surface area (Å²) >= 11 is 0. The highest BCUT2D eigenvalue weighted by atomic mass is 15.2. The van der Waals surface area contributed by atoms with Gasteiger partial charge in [0.05, 0.1) is 0 Å². The van der Waals surface area contributed by atoms with Crippen molar-refractivity contribution in [3.05, 3.63) is 22.9 Å². The number of aryl methyl sites for hydroxylation is 2. The minimum atomic E-state index is 0.501. The molecule has 1 aliphatic heterocycles. The molecule has 1 aromatic rings. The average Bonchev–Trinajstić information content (AvgIpc) is 2.86. The van der Waals surface area contributed by atoms with Crippen LogP contribution in [0.1, 0.15) is 50.9 Å². The van der Waals surface area contributed by atoms with E-state index in [9.17, 15) is 0 Å². The predicted octanol–water partition coefficient (Wildman–Crippen LogP) is 3.68. The Labute approximate surface area is 130 Å². The van der Waals surface area contributed by atoms with Gasteiger partial charge in [0.25, 0.3) is 0 Å². The molecule has 1 N–H and O–H groups in total. The molecular weight excluding hydrogens is 258 g/mol. The quantitative estimate of drug-likeness (QED) is 0.896. The number of hydrogen-bond acceptors (Lipinski definition) is 3. The molecule has 3 heteroatoms. The zero-order valence-electron chi connectivity index (χ0n) is 14.5. The second-order valence-corrected chi connectivity index (χ2v) is 7.16. The fourth-order valence-electron chi connectivity index (χ4n) is 3.15. The van der Waals surface area contributed by atoms with Crippen molar-refractivity contribution in [1.29, 1.82) is 0 Å². The highest BCUT2D eigenvalue weighted by molar-refractivity contribution is 5.52. The van der Waals surface area contributed by atoms with Gasteiger partial charge in [0.2, 0.25) is 0 Å². The lowest BCUT2D eigenvalue weighted by Crippen LogP contribution is -2.28. The van der Waals surface area contributed by atoms with Crippen LogP contribution in [0, 0.1) is 25.7 Å². The van der Waals surface area contributed by atoms with E-state index in [-0.39, 0.29) is 0 Å². The van der Waals surface area contributed by atoms with Gasteiger partial charge in [-0.25, -0.2) is 4.98 Å². The molecule has 1 aliphatic rings. The van der Waals surface area contributed by atoms with Crippen LogP contribution in [0.3, 0.4) is 0 Å². The summed E-state index contributed by atoms with van der Waals surface area (Å²) in [7, 11) is 0. The number of pyridine rings is 1. The summed E-state index contributed by atoms with van der Waals surface area (Å²) in [4.78, 5) is 7.38. The van der Waals surface area contributed by atoms with Crippen LogP contribution in [-0.2, 0) is 6.54 Å². The maximum Gasteiger partial charge on any atom is 0.133 e. The molecule has 1 unspecified atom stereocenters. The molecule has 0 radical (unpaired) electrons. The molecule has 21 heavy (non-hydrogen) atoms. The lowest BCUT2D eigenvalue weighted by atomic mass is 9.95. The van der Waals surface area contributed by atoms with Crippen molar-refractivity contribution in [3.8, 4) is 0 Å². The van der Waals surface area contributed by atoms with Crippen molar-refractivity contribution in [1.82, 2.24) is 10.3 Å². The Hall–Kier alpha value is -1.09. The first kappa shape index (κ1) is 16.3. The van der Waals surface area contributed by atoms with E-state index in [2.05, 4.69) is 57.8 Å². The molecule has 0 aliphatic carbocycles. The summed E-state index contributed by atoms with van der Waals surface area (Å²) in [5.41, 5.74) is 3.86. The zero-order valence-corrected chi connectivity index (χ0v) is 14.5. The van der Waals surface area contributed by atoms with Gasteiger partial charge in [-0.2, -0.15) is 0 Å². The van der Waals surface area contributed by atoms with Gasteiger partial charge in [0.15, 0.2) is 0 Å². The zero-order chi connectivity index (χ0) is 15.6. The van der Waals surface area contributed by atoms with E-state index in [1.165, 1.54) is 23.4 Å². The topological polar surface area (TPSA) is 28.2 Å². The second kappa shape index (κ2) is 6.78. The normalized spacial score (nSPS) is 19.0. The van der Waals surface area contributed by atoms with E-state index in [1.807, 2.05) is 0 Å². The lowest BCUT2D eigenvalue weighted by molar-refractivity contribution is 0.422. The fraction of sp³-hybridized carbons (Fsp3) is 0.722. The molecule has 1 atom stereocenters. The third-order valence-electron chi connectivity index (χ3n) is 4.61. The molecule has 1 saturated heterocycles. The summed E-state index contributed by atoms with van der Waals surface area (Å²) in [6.07, 6.45) is 1.30. The third kappa shape index (κ3) is 3.97. The summed E-state index contributed by atoms with van der Waals surface area (Å²) in [6.45, 7) is 16.6. The summed E-state index contributed by atoms with van der Waals surface area (Å²) < 4.78 is 0. The fourth-order valence-corrected chi connectivity index (χ4v) is 3.15. The minimum Gasteiger partial charge on any atom is -0.356 e. The highest BCUT2D eigenvalue weighted by Crippen LogP contribution is 2.30. The number of anilines is 1. The van der Waals surface area contributed by atoms with Gasteiger partial charge < -0.3 is 10.2 Å². The number of hydrogen-bond donors (Lipinski definition) is 1. The average molecular weight is 289 g/mol. The molecule has 2 heterocycles. The maximum absolute atomic E-state index is 4.87. The first-order valence-electron chi connectivity index (χ1n) is 8.34. The Morgan fingerprint density at radius 1 is 1.29 bits per heavy atom. The van der Waals surface area contributed by atoms with Crippen molar-refractivity contribution in [3.63, 3.8) is 0 Å². The SMILES string of the molecule is Cc1cc(C)c(CNC(C)C)c(N2CCC(C(C)C)C2)n1. The Morgan fingerprint density at radius 2 is 2.00 bits per heavy atom. The van der Waals surface area contributed by atoms with E-state index < -0.39 is 0 Å². The Balaban J connectivity index is 2.25. The molecule has 0 spiro atoms. The predicted molar refractivity (Wildman–Crippen MR) is 90.8 cm³/mol. The van der Waals surface area contributed by atoms with Crippen molar-refractivity contribution in [2.45, 2.75) is 60.5 Å². The maximum atomic E-state index is 4.87. The van der Waals surface area contributed by atoms with Crippen LogP contribution in [0.25, 0.3) is 0 Å². The number of aromatic nitrogens is 1. The number of rotatable bonds is 5. The van der Waals surface area contributed by atoms with E-state index in [4.69, 9.17) is 4.98 Å². The van der Waals surface area contributed by atoms with Crippen LogP contribution in [0.5, 0.6) is 0 Å². The Kier molecular flexibility index (Phi) is 5.26. The van der Waals surface area contributed by atoms with Crippen LogP contribution in [-0.4, -0.2) is 24.1 Å². The van der Waals surface area contributed by atoms with Crippen molar-refractivity contribution in [2.75, 3.05) is 18.0 Å². The molecular formula is C18H31N3. The van der Waals surface area contributed by atoms with Crippen LogP contribution < -0.4 is 10.2 Å². The van der Waals surface area contributed by atoms with Gasteiger partial charge in [0, 0.05) is 36.9 Å². The summed E-state index contributed by atoms with van der Waals surface area (Å²) in [6, 6.07) is 2.71. The standard InChI is InChI=1S/C18H31N3/c1-12(2)16-7-8-21(11-16)18-17(10-19-13(3)4)14(5)9-15(6)20-18/h9,12-13,16,19H,7-8,10-11H2,1-6H3. The molecule has 0 amide bonds. The largest absolute Gasteiger partial charge is 0.356 e. The van der Waals surface area contributed by atoms with E-state index >= 15 is 0 Å². The van der Waals surface area contributed by atoms with Crippen LogP contribution >= 0.6 is 0 Å². The summed E-state index contributed by atoms with van der Waals surface area (Å²) in [5, 5.41) is 3.55. The summed E-state index contributed by atoms with van der Waals surface area (Å²) in [5.74, 6) is 2.78. The van der Waals surface area contributed by atoms with E-state index in [0.29, 0.717) is 6.04 Å². The molecule has 2 rings (SSSR count). The van der Waals surface area contributed by atoms with Crippen LogP contribution in [0.4, 0.5) is 5.82 Å². The van der Waals surface area contributed by atoms with Crippen LogP contribution in [0.2, 0.25) is 0 Å². The van der Waals surface area contributed by atoms with Crippen LogP contribution in [0.15, 0.2) is 6.07 Å². The lowest BCUT2D eigenvalue weighted by Gasteiger charge is -2.24. The number of nitrogens with zero attached hydrogens (tertiary/aromatic N) is 2. The molecule has 3 nitrogen and oxygen atoms in total. The molecule has 0 saturated carbocycles. The van der Waals surface area contributed by atoms with Gasteiger partial charge >= 0.3 is 0 Å². The highest BCUT2D eigenvalue weighted by Gasteiger charge is 2.27.